The molecular weight excluding hydrogens is 534 g/mol. The molecule has 0 bridgehead atoms. The fourth-order valence-corrected chi connectivity index (χ4v) is 6.13. The van der Waals surface area contributed by atoms with Crippen molar-refractivity contribution in [3.05, 3.63) is 163 Å². The minimum atomic E-state index is 0.717. The third-order valence-corrected chi connectivity index (χ3v) is 8.31. The van der Waals surface area contributed by atoms with Gasteiger partial charge in [0.2, 0.25) is 0 Å². The second-order valence-corrected chi connectivity index (χ2v) is 11.2. The van der Waals surface area contributed by atoms with Crippen molar-refractivity contribution in [2.24, 2.45) is 0 Å². The van der Waals surface area contributed by atoms with Crippen LogP contribution in [0.2, 0.25) is 0 Å². The van der Waals surface area contributed by atoms with Gasteiger partial charge in [-0.25, -0.2) is 9.97 Å². The van der Waals surface area contributed by atoms with Crippen molar-refractivity contribution in [1.29, 1.82) is 0 Å². The van der Waals surface area contributed by atoms with E-state index >= 15 is 0 Å². The average molecular weight is 564 g/mol. The van der Waals surface area contributed by atoms with E-state index in [4.69, 9.17) is 9.97 Å². The lowest BCUT2D eigenvalue weighted by molar-refractivity contribution is 1.18. The number of aryl methyl sites for hydroxylation is 1. The number of hydrogen-bond acceptors (Lipinski definition) is 2. The lowest BCUT2D eigenvalue weighted by Gasteiger charge is -2.13. The highest BCUT2D eigenvalue weighted by molar-refractivity contribution is 6.10. The highest BCUT2D eigenvalue weighted by Crippen LogP contribution is 2.38. The molecule has 6 aromatic carbocycles. The minimum absolute atomic E-state index is 0.717. The molecule has 0 amide bonds. The van der Waals surface area contributed by atoms with Crippen LogP contribution in [0.3, 0.4) is 0 Å². The van der Waals surface area contributed by atoms with Gasteiger partial charge in [-0.3, -0.25) is 0 Å². The lowest BCUT2D eigenvalue weighted by Crippen LogP contribution is -1.97. The Morgan fingerprint density at radius 2 is 1.05 bits per heavy atom. The van der Waals surface area contributed by atoms with E-state index in [2.05, 4.69) is 151 Å². The summed E-state index contributed by atoms with van der Waals surface area (Å²) in [6, 6.07) is 55.5. The Balaban J connectivity index is 1.33. The lowest BCUT2D eigenvalue weighted by atomic mass is 9.95. The molecule has 0 spiro atoms. The Hall–Kier alpha value is -5.80. The van der Waals surface area contributed by atoms with Gasteiger partial charge < -0.3 is 4.57 Å². The summed E-state index contributed by atoms with van der Waals surface area (Å²) in [5.41, 5.74) is 12.0. The van der Waals surface area contributed by atoms with E-state index in [9.17, 15) is 0 Å². The minimum Gasteiger partial charge on any atom is -0.309 e. The standard InChI is InChI=1S/C41H29N3/c1-28-20-22-29(23-21-28)37-27-38(43-41(42-37)30-12-4-2-5-13-30)34-17-9-8-16-33(34)31-24-25-40-36(26-31)35-18-10-11-19-39(35)44(40)32-14-6-3-7-15-32/h2-27H,1H3. The summed E-state index contributed by atoms with van der Waals surface area (Å²) < 4.78 is 2.35. The van der Waals surface area contributed by atoms with Crippen molar-refractivity contribution >= 4 is 21.8 Å². The van der Waals surface area contributed by atoms with Crippen LogP contribution < -0.4 is 0 Å². The zero-order chi connectivity index (χ0) is 29.5. The Labute approximate surface area is 256 Å². The number of hydrogen-bond donors (Lipinski definition) is 0. The Morgan fingerprint density at radius 3 is 1.84 bits per heavy atom. The van der Waals surface area contributed by atoms with Gasteiger partial charge in [-0.1, -0.05) is 127 Å². The van der Waals surface area contributed by atoms with Crippen molar-refractivity contribution in [3.63, 3.8) is 0 Å². The Kier molecular flexibility index (Phi) is 6.35. The van der Waals surface area contributed by atoms with Gasteiger partial charge in [-0.05, 0) is 54.4 Å². The summed E-state index contributed by atoms with van der Waals surface area (Å²) >= 11 is 0. The molecule has 0 radical (unpaired) electrons. The maximum Gasteiger partial charge on any atom is 0.160 e. The van der Waals surface area contributed by atoms with Gasteiger partial charge in [0.25, 0.3) is 0 Å². The molecule has 8 rings (SSSR count). The van der Waals surface area contributed by atoms with Crippen LogP contribution in [-0.2, 0) is 0 Å². The summed E-state index contributed by atoms with van der Waals surface area (Å²) in [4.78, 5) is 10.2. The van der Waals surface area contributed by atoms with Gasteiger partial charge in [0.1, 0.15) is 0 Å². The molecule has 3 heteroatoms. The monoisotopic (exact) mass is 563 g/mol. The van der Waals surface area contributed by atoms with E-state index < -0.39 is 0 Å². The zero-order valence-corrected chi connectivity index (χ0v) is 24.4. The highest BCUT2D eigenvalue weighted by atomic mass is 15.0. The summed E-state index contributed by atoms with van der Waals surface area (Å²) in [6.45, 7) is 2.11. The van der Waals surface area contributed by atoms with Crippen LogP contribution in [0.1, 0.15) is 5.56 Å². The van der Waals surface area contributed by atoms with Crippen molar-refractivity contribution in [1.82, 2.24) is 14.5 Å². The largest absolute Gasteiger partial charge is 0.309 e. The van der Waals surface area contributed by atoms with Crippen LogP contribution in [0.5, 0.6) is 0 Å². The van der Waals surface area contributed by atoms with Crippen molar-refractivity contribution in [3.8, 4) is 50.7 Å². The summed E-state index contributed by atoms with van der Waals surface area (Å²) in [7, 11) is 0. The molecule has 2 heterocycles. The van der Waals surface area contributed by atoms with Crippen molar-refractivity contribution < 1.29 is 0 Å². The van der Waals surface area contributed by atoms with E-state index in [0.717, 1.165) is 50.7 Å². The molecule has 8 aromatic rings. The summed E-state index contributed by atoms with van der Waals surface area (Å²) in [6.07, 6.45) is 0. The van der Waals surface area contributed by atoms with E-state index in [-0.39, 0.29) is 0 Å². The third-order valence-electron chi connectivity index (χ3n) is 8.31. The first-order valence-electron chi connectivity index (χ1n) is 14.9. The first-order chi connectivity index (χ1) is 21.7. The summed E-state index contributed by atoms with van der Waals surface area (Å²) in [5.74, 6) is 0.717. The molecule has 0 saturated heterocycles. The molecule has 2 aromatic heterocycles. The molecular formula is C41H29N3. The van der Waals surface area contributed by atoms with E-state index in [1.807, 2.05) is 18.2 Å². The van der Waals surface area contributed by atoms with Gasteiger partial charge in [0.15, 0.2) is 5.82 Å². The molecule has 44 heavy (non-hydrogen) atoms. The average Bonchev–Trinajstić information content (AvgIpc) is 3.43. The number of nitrogens with zero attached hydrogens (tertiary/aromatic N) is 3. The van der Waals surface area contributed by atoms with Gasteiger partial charge in [-0.2, -0.15) is 0 Å². The molecule has 0 atom stereocenters. The van der Waals surface area contributed by atoms with Crippen LogP contribution in [0.4, 0.5) is 0 Å². The maximum absolute atomic E-state index is 5.14. The maximum atomic E-state index is 5.14. The Bertz CT molecular complexity index is 2260. The number of benzene rings is 6. The number of para-hydroxylation sites is 2. The molecule has 0 fully saturated rings. The zero-order valence-electron chi connectivity index (χ0n) is 24.4. The molecule has 0 N–H and O–H groups in total. The first-order valence-corrected chi connectivity index (χ1v) is 14.9. The third kappa shape index (κ3) is 4.56. The molecule has 0 unspecified atom stereocenters. The molecule has 3 nitrogen and oxygen atoms in total. The molecule has 0 aliphatic heterocycles. The van der Waals surface area contributed by atoms with Crippen LogP contribution in [0, 0.1) is 6.92 Å². The predicted molar refractivity (Wildman–Crippen MR) is 183 cm³/mol. The number of fused-ring (bicyclic) bond motifs is 3. The first kappa shape index (κ1) is 25.9. The molecule has 208 valence electrons. The van der Waals surface area contributed by atoms with Gasteiger partial charge >= 0.3 is 0 Å². The van der Waals surface area contributed by atoms with E-state index in [1.165, 1.54) is 27.4 Å². The molecule has 0 saturated carbocycles. The smallest absolute Gasteiger partial charge is 0.160 e. The molecule has 0 aliphatic carbocycles. The highest BCUT2D eigenvalue weighted by Gasteiger charge is 2.17. The number of aromatic nitrogens is 3. The van der Waals surface area contributed by atoms with Crippen molar-refractivity contribution in [2.45, 2.75) is 6.92 Å². The quantitative estimate of drug-likeness (QED) is 0.209. The van der Waals surface area contributed by atoms with E-state index in [0.29, 0.717) is 0 Å². The van der Waals surface area contributed by atoms with Gasteiger partial charge in [0.05, 0.1) is 22.4 Å². The topological polar surface area (TPSA) is 30.7 Å². The normalized spacial score (nSPS) is 11.3. The van der Waals surface area contributed by atoms with E-state index in [1.54, 1.807) is 0 Å². The van der Waals surface area contributed by atoms with Crippen LogP contribution in [-0.4, -0.2) is 14.5 Å². The number of rotatable bonds is 5. The van der Waals surface area contributed by atoms with Gasteiger partial charge in [0, 0.05) is 33.2 Å². The van der Waals surface area contributed by atoms with Crippen LogP contribution >= 0.6 is 0 Å². The Morgan fingerprint density at radius 1 is 0.432 bits per heavy atom. The SMILES string of the molecule is Cc1ccc(-c2cc(-c3ccccc3-c3ccc4c(c3)c3ccccc3n4-c3ccccc3)nc(-c3ccccc3)n2)cc1. The summed E-state index contributed by atoms with van der Waals surface area (Å²) in [5, 5.41) is 2.46. The second-order valence-electron chi connectivity index (χ2n) is 11.2. The second kappa shape index (κ2) is 10.8. The fourth-order valence-electron chi connectivity index (χ4n) is 6.13. The molecule has 0 aliphatic rings. The van der Waals surface area contributed by atoms with Crippen molar-refractivity contribution in [2.75, 3.05) is 0 Å². The van der Waals surface area contributed by atoms with Crippen LogP contribution in [0.25, 0.3) is 72.5 Å². The van der Waals surface area contributed by atoms with Gasteiger partial charge in [-0.15, -0.1) is 0 Å². The van der Waals surface area contributed by atoms with Crippen LogP contribution in [0.15, 0.2) is 158 Å². The fraction of sp³-hybridized carbons (Fsp3) is 0.0244. The predicted octanol–water partition coefficient (Wildman–Crippen LogP) is 10.6.